The van der Waals surface area contributed by atoms with Crippen LogP contribution in [0.4, 0.5) is 0 Å². The highest BCUT2D eigenvalue weighted by Crippen LogP contribution is 2.34. The molecule has 1 rings (SSSR count). The van der Waals surface area contributed by atoms with Crippen LogP contribution in [0.5, 0.6) is 0 Å². The van der Waals surface area contributed by atoms with Crippen LogP contribution in [0.15, 0.2) is 35.9 Å². The standard InChI is InChI=1S/C18H20O4/c1-5-11-18(16(19)21-3,17(20)22-4)13-14(2)12-15-9-7-6-8-10-15/h1,6-10,12H,11,13H2,2-4H3/b14-12+. The van der Waals surface area contributed by atoms with Crippen molar-refractivity contribution in [2.75, 3.05) is 14.2 Å². The molecule has 0 aliphatic heterocycles. The van der Waals surface area contributed by atoms with Gasteiger partial charge in [-0.15, -0.1) is 12.3 Å². The number of hydrogen-bond donors (Lipinski definition) is 0. The minimum absolute atomic E-state index is 0.0771. The molecule has 0 unspecified atom stereocenters. The molecular formula is C18H20O4. The number of esters is 2. The Morgan fingerprint density at radius 1 is 1.18 bits per heavy atom. The van der Waals surface area contributed by atoms with E-state index in [1.807, 2.05) is 43.3 Å². The average molecular weight is 300 g/mol. The van der Waals surface area contributed by atoms with Gasteiger partial charge in [-0.3, -0.25) is 9.59 Å². The van der Waals surface area contributed by atoms with Crippen LogP contribution in [0.25, 0.3) is 6.08 Å². The van der Waals surface area contributed by atoms with Gasteiger partial charge in [-0.25, -0.2) is 0 Å². The summed E-state index contributed by atoms with van der Waals surface area (Å²) in [5.41, 5.74) is 0.301. The third kappa shape index (κ3) is 3.98. The maximum atomic E-state index is 12.2. The Morgan fingerprint density at radius 3 is 2.18 bits per heavy atom. The van der Waals surface area contributed by atoms with Gasteiger partial charge in [-0.05, 0) is 18.9 Å². The van der Waals surface area contributed by atoms with Gasteiger partial charge in [0.1, 0.15) is 0 Å². The molecule has 1 aromatic rings. The van der Waals surface area contributed by atoms with Crippen molar-refractivity contribution < 1.29 is 19.1 Å². The van der Waals surface area contributed by atoms with Gasteiger partial charge in [-0.1, -0.05) is 42.0 Å². The second kappa shape index (κ2) is 8.04. The van der Waals surface area contributed by atoms with Gasteiger partial charge >= 0.3 is 11.9 Å². The molecule has 0 aliphatic rings. The quantitative estimate of drug-likeness (QED) is 0.460. The zero-order valence-corrected chi connectivity index (χ0v) is 13.1. The molecule has 0 amide bonds. The third-order valence-corrected chi connectivity index (χ3v) is 3.35. The summed E-state index contributed by atoms with van der Waals surface area (Å²) < 4.78 is 9.56. The van der Waals surface area contributed by atoms with E-state index in [4.69, 9.17) is 15.9 Å². The highest BCUT2D eigenvalue weighted by Gasteiger charge is 2.47. The van der Waals surface area contributed by atoms with Crippen LogP contribution in [0.3, 0.4) is 0 Å². The molecule has 0 saturated carbocycles. The fourth-order valence-corrected chi connectivity index (χ4v) is 2.36. The Balaban J connectivity index is 3.17. The Bertz CT molecular complexity index is 577. The molecule has 22 heavy (non-hydrogen) atoms. The van der Waals surface area contributed by atoms with Gasteiger partial charge in [0.25, 0.3) is 0 Å². The first-order valence-electron chi connectivity index (χ1n) is 6.82. The molecule has 0 atom stereocenters. The monoisotopic (exact) mass is 300 g/mol. The number of terminal acetylenes is 1. The van der Waals surface area contributed by atoms with Crippen LogP contribution in [-0.4, -0.2) is 26.2 Å². The molecule has 0 heterocycles. The predicted octanol–water partition coefficient (Wildman–Crippen LogP) is 2.84. The van der Waals surface area contributed by atoms with Crippen LogP contribution < -0.4 is 0 Å². The second-order valence-corrected chi connectivity index (χ2v) is 5.02. The van der Waals surface area contributed by atoms with Gasteiger partial charge in [0.15, 0.2) is 5.41 Å². The Labute approximate surface area is 131 Å². The maximum absolute atomic E-state index is 12.2. The van der Waals surface area contributed by atoms with E-state index in [1.165, 1.54) is 14.2 Å². The number of carbonyl (C=O) groups is 2. The van der Waals surface area contributed by atoms with Crippen molar-refractivity contribution >= 4 is 18.0 Å². The zero-order valence-electron chi connectivity index (χ0n) is 13.1. The predicted molar refractivity (Wildman–Crippen MR) is 84.6 cm³/mol. The van der Waals surface area contributed by atoms with Gasteiger partial charge in [0.2, 0.25) is 0 Å². The summed E-state index contributed by atoms with van der Waals surface area (Å²) in [5.74, 6) is 1.01. The van der Waals surface area contributed by atoms with Gasteiger partial charge in [0, 0.05) is 6.42 Å². The highest BCUT2D eigenvalue weighted by molar-refractivity contribution is 6.00. The lowest BCUT2D eigenvalue weighted by Crippen LogP contribution is -2.41. The molecule has 0 N–H and O–H groups in total. The molecule has 4 nitrogen and oxygen atoms in total. The van der Waals surface area contributed by atoms with E-state index in [0.29, 0.717) is 0 Å². The number of benzene rings is 1. The summed E-state index contributed by atoms with van der Waals surface area (Å²) in [6.07, 6.45) is 7.31. The van der Waals surface area contributed by atoms with Crippen molar-refractivity contribution in [3.63, 3.8) is 0 Å². The summed E-state index contributed by atoms with van der Waals surface area (Å²) in [6, 6.07) is 9.60. The van der Waals surface area contributed by atoms with Crippen LogP contribution in [0.1, 0.15) is 25.3 Å². The van der Waals surface area contributed by atoms with Crippen molar-refractivity contribution in [2.24, 2.45) is 5.41 Å². The first-order valence-corrected chi connectivity index (χ1v) is 6.82. The average Bonchev–Trinajstić information content (AvgIpc) is 2.53. The molecule has 0 bridgehead atoms. The molecule has 0 spiro atoms. The second-order valence-electron chi connectivity index (χ2n) is 5.02. The van der Waals surface area contributed by atoms with Crippen molar-refractivity contribution in [2.45, 2.75) is 19.8 Å². The van der Waals surface area contributed by atoms with Gasteiger partial charge < -0.3 is 9.47 Å². The van der Waals surface area contributed by atoms with E-state index in [9.17, 15) is 9.59 Å². The van der Waals surface area contributed by atoms with Crippen LogP contribution in [-0.2, 0) is 19.1 Å². The number of carbonyl (C=O) groups excluding carboxylic acids is 2. The summed E-state index contributed by atoms with van der Waals surface area (Å²) >= 11 is 0. The van der Waals surface area contributed by atoms with E-state index in [1.54, 1.807) is 0 Å². The van der Waals surface area contributed by atoms with Crippen molar-refractivity contribution in [3.8, 4) is 12.3 Å². The highest BCUT2D eigenvalue weighted by atomic mass is 16.5. The fraction of sp³-hybridized carbons (Fsp3) is 0.333. The number of allylic oxidation sites excluding steroid dienone is 1. The smallest absolute Gasteiger partial charge is 0.324 e. The van der Waals surface area contributed by atoms with Crippen LogP contribution in [0.2, 0.25) is 0 Å². The minimum atomic E-state index is -1.51. The third-order valence-electron chi connectivity index (χ3n) is 3.35. The summed E-state index contributed by atoms with van der Waals surface area (Å²) in [4.78, 5) is 24.3. The lowest BCUT2D eigenvalue weighted by molar-refractivity contribution is -0.168. The number of ether oxygens (including phenoxy) is 2. The topological polar surface area (TPSA) is 52.6 Å². The van der Waals surface area contributed by atoms with E-state index < -0.39 is 17.4 Å². The summed E-state index contributed by atoms with van der Waals surface area (Å²) in [7, 11) is 2.46. The van der Waals surface area contributed by atoms with Crippen LogP contribution in [0, 0.1) is 17.8 Å². The molecule has 0 radical (unpaired) electrons. The maximum Gasteiger partial charge on any atom is 0.324 e. The van der Waals surface area contributed by atoms with Gasteiger partial charge in [0.05, 0.1) is 14.2 Å². The Hall–Kier alpha value is -2.54. The molecule has 0 saturated heterocycles. The Kier molecular flexibility index (Phi) is 6.40. The molecule has 4 heteroatoms. The molecule has 0 aromatic heterocycles. The summed E-state index contributed by atoms with van der Waals surface area (Å²) in [5, 5.41) is 0. The van der Waals surface area contributed by atoms with E-state index in [0.717, 1.165) is 11.1 Å². The van der Waals surface area contributed by atoms with Crippen molar-refractivity contribution in [1.29, 1.82) is 0 Å². The Morgan fingerprint density at radius 2 is 1.73 bits per heavy atom. The lowest BCUT2D eigenvalue weighted by atomic mass is 9.78. The number of methoxy groups -OCH3 is 2. The van der Waals surface area contributed by atoms with E-state index in [-0.39, 0.29) is 12.8 Å². The normalized spacial score (nSPS) is 11.5. The first kappa shape index (κ1) is 17.5. The fourth-order valence-electron chi connectivity index (χ4n) is 2.36. The van der Waals surface area contributed by atoms with Crippen molar-refractivity contribution in [1.82, 2.24) is 0 Å². The summed E-state index contributed by atoms with van der Waals surface area (Å²) in [6.45, 7) is 1.84. The SMILES string of the molecule is C#CCC(C/C(C)=C/c1ccccc1)(C(=O)OC)C(=O)OC. The van der Waals surface area contributed by atoms with Crippen LogP contribution >= 0.6 is 0 Å². The lowest BCUT2D eigenvalue weighted by Gasteiger charge is -2.26. The first-order chi connectivity index (χ1) is 10.5. The van der Waals surface area contributed by atoms with E-state index in [2.05, 4.69) is 5.92 Å². The zero-order chi connectivity index (χ0) is 16.6. The molecular weight excluding hydrogens is 280 g/mol. The molecule has 0 aliphatic carbocycles. The van der Waals surface area contributed by atoms with E-state index >= 15 is 0 Å². The molecule has 116 valence electrons. The van der Waals surface area contributed by atoms with Crippen molar-refractivity contribution in [3.05, 3.63) is 41.5 Å². The largest absolute Gasteiger partial charge is 0.468 e. The molecule has 0 fully saturated rings. The van der Waals surface area contributed by atoms with Gasteiger partial charge in [-0.2, -0.15) is 0 Å². The number of rotatable bonds is 6. The number of hydrogen-bond acceptors (Lipinski definition) is 4. The molecule has 1 aromatic carbocycles. The minimum Gasteiger partial charge on any atom is -0.468 e.